The molecule has 0 saturated carbocycles. The lowest BCUT2D eigenvalue weighted by Crippen LogP contribution is -2.33. The lowest BCUT2D eigenvalue weighted by molar-refractivity contribution is 0.748. The van der Waals surface area contributed by atoms with Gasteiger partial charge in [-0.05, 0) is 114 Å². The molecule has 1 atom stereocenters. The molecule has 1 aromatic heterocycles. The van der Waals surface area contributed by atoms with Gasteiger partial charge in [0.25, 0.3) is 0 Å². The van der Waals surface area contributed by atoms with Crippen LogP contribution in [0.1, 0.15) is 22.3 Å². The molecule has 14 rings (SSSR count). The van der Waals surface area contributed by atoms with Crippen LogP contribution in [-0.2, 0) is 5.41 Å². The zero-order chi connectivity index (χ0) is 42.6. The third-order valence-electron chi connectivity index (χ3n) is 14.4. The smallest absolute Gasteiger partial charge is 0.0755 e. The fraction of sp³-hybridized carbons (Fsp3) is 0.0159. The molecule has 2 nitrogen and oxygen atoms in total. The summed E-state index contributed by atoms with van der Waals surface area (Å²) in [6.07, 6.45) is 0. The number of para-hydroxylation sites is 4. The highest BCUT2D eigenvalue weighted by Crippen LogP contribution is 2.62. The molecule has 0 amide bonds. The van der Waals surface area contributed by atoms with Crippen molar-refractivity contribution in [2.75, 3.05) is 4.90 Å². The third kappa shape index (κ3) is 5.05. The lowest BCUT2D eigenvalue weighted by atomic mass is 9.65. The Balaban J connectivity index is 1.04. The van der Waals surface area contributed by atoms with Crippen molar-refractivity contribution in [3.63, 3.8) is 0 Å². The number of aromatic nitrogens is 1. The van der Waals surface area contributed by atoms with Crippen LogP contribution in [0.15, 0.2) is 243 Å². The molecule has 0 fully saturated rings. The second kappa shape index (κ2) is 13.8. The summed E-state index contributed by atoms with van der Waals surface area (Å²) in [6.45, 7) is 0. The minimum absolute atomic E-state index is 0.566. The van der Waals surface area contributed by atoms with Gasteiger partial charge < -0.3 is 9.47 Å². The molecule has 2 aliphatic rings. The van der Waals surface area contributed by atoms with Gasteiger partial charge in [0.2, 0.25) is 0 Å². The van der Waals surface area contributed by atoms with Crippen molar-refractivity contribution < 1.29 is 0 Å². The molecule has 11 aromatic carbocycles. The van der Waals surface area contributed by atoms with E-state index < -0.39 is 5.41 Å². The Morgan fingerprint density at radius 2 is 0.923 bits per heavy atom. The van der Waals surface area contributed by atoms with Gasteiger partial charge in [0.1, 0.15) is 0 Å². The Bertz CT molecular complexity index is 3900. The Hall–Kier alpha value is -8.46. The minimum Gasteiger partial charge on any atom is -0.310 e. The molecule has 1 unspecified atom stereocenters. The molecule has 2 heterocycles. The Labute approximate surface area is 377 Å². The molecule has 302 valence electrons. The SMILES string of the molecule is c1ccc(-c2ccc(-c3ccccc3N(c3ccc4c(c3)C3(c5ccccc5-4)c4ccccc4-n4c5ccccc5c5cccc3c54)c3ccc4c(ccc5ccccc54)c3)cc2)cc1. The van der Waals surface area contributed by atoms with Crippen molar-refractivity contribution >= 4 is 60.4 Å². The molecule has 1 aliphatic carbocycles. The van der Waals surface area contributed by atoms with Gasteiger partial charge in [0.05, 0.1) is 27.8 Å². The van der Waals surface area contributed by atoms with Crippen LogP contribution in [0.4, 0.5) is 17.1 Å². The average Bonchev–Trinajstić information content (AvgIpc) is 3.87. The number of anilines is 3. The van der Waals surface area contributed by atoms with Crippen LogP contribution in [0, 0.1) is 0 Å². The highest BCUT2D eigenvalue weighted by molar-refractivity contribution is 6.13. The first kappa shape index (κ1) is 36.1. The van der Waals surface area contributed by atoms with Crippen molar-refractivity contribution in [3.8, 4) is 39.1 Å². The van der Waals surface area contributed by atoms with Crippen LogP contribution in [0.3, 0.4) is 0 Å². The van der Waals surface area contributed by atoms with Crippen molar-refractivity contribution in [2.45, 2.75) is 5.41 Å². The van der Waals surface area contributed by atoms with Crippen molar-refractivity contribution in [2.24, 2.45) is 0 Å². The predicted octanol–water partition coefficient (Wildman–Crippen LogP) is 16.6. The van der Waals surface area contributed by atoms with E-state index in [2.05, 4.69) is 252 Å². The standard InChI is InChI=1S/C63H40N2/c1-2-15-41(16-3-1)42-29-31-44(32-30-42)50-19-7-11-26-59(50)64(46-35-37-49-45(39-46)34-33-43-17-4-5-18-48(43)49)47-36-38-52-51-20-6-9-23-55(51)63(58(52)40-47)56-24-10-13-28-61(56)65-60-27-12-8-21-53(60)54-22-14-25-57(63)62(54)65/h1-40H. The van der Waals surface area contributed by atoms with Gasteiger partial charge in [-0.3, -0.25) is 0 Å². The Morgan fingerprint density at radius 1 is 0.323 bits per heavy atom. The highest BCUT2D eigenvalue weighted by atomic mass is 15.1. The van der Waals surface area contributed by atoms with E-state index in [9.17, 15) is 0 Å². The monoisotopic (exact) mass is 824 g/mol. The Morgan fingerprint density at radius 3 is 1.82 bits per heavy atom. The van der Waals surface area contributed by atoms with E-state index in [0.29, 0.717) is 0 Å². The van der Waals surface area contributed by atoms with E-state index in [1.165, 1.54) is 105 Å². The van der Waals surface area contributed by atoms with Gasteiger partial charge in [-0.15, -0.1) is 0 Å². The van der Waals surface area contributed by atoms with Gasteiger partial charge in [0, 0.05) is 27.7 Å². The van der Waals surface area contributed by atoms with Gasteiger partial charge >= 0.3 is 0 Å². The topological polar surface area (TPSA) is 8.17 Å². The van der Waals surface area contributed by atoms with Gasteiger partial charge in [-0.25, -0.2) is 0 Å². The molecule has 0 bridgehead atoms. The summed E-state index contributed by atoms with van der Waals surface area (Å²) in [6, 6.07) is 90.3. The van der Waals surface area contributed by atoms with Gasteiger partial charge in [-0.1, -0.05) is 200 Å². The van der Waals surface area contributed by atoms with E-state index in [4.69, 9.17) is 0 Å². The quantitative estimate of drug-likeness (QED) is 0.157. The van der Waals surface area contributed by atoms with Crippen LogP contribution in [0.25, 0.3) is 82.4 Å². The normalized spacial score (nSPS) is 14.5. The fourth-order valence-corrected chi connectivity index (χ4v) is 11.6. The highest BCUT2D eigenvalue weighted by Gasteiger charge is 2.51. The van der Waals surface area contributed by atoms with Crippen LogP contribution < -0.4 is 4.90 Å². The maximum atomic E-state index is 2.52. The first-order valence-corrected chi connectivity index (χ1v) is 22.6. The largest absolute Gasteiger partial charge is 0.310 e. The maximum Gasteiger partial charge on any atom is 0.0755 e. The summed E-state index contributed by atoms with van der Waals surface area (Å²) in [5, 5.41) is 7.54. The third-order valence-corrected chi connectivity index (χ3v) is 14.4. The first-order valence-electron chi connectivity index (χ1n) is 22.6. The van der Waals surface area contributed by atoms with Crippen molar-refractivity contribution in [1.82, 2.24) is 4.57 Å². The summed E-state index contributed by atoms with van der Waals surface area (Å²) in [5.41, 5.74) is 19.1. The van der Waals surface area contributed by atoms with Gasteiger partial charge in [0.15, 0.2) is 0 Å². The lowest BCUT2D eigenvalue weighted by Gasteiger charge is -2.40. The second-order valence-corrected chi connectivity index (χ2v) is 17.6. The van der Waals surface area contributed by atoms with Crippen molar-refractivity contribution in [3.05, 3.63) is 265 Å². The predicted molar refractivity (Wildman–Crippen MR) is 272 cm³/mol. The zero-order valence-electron chi connectivity index (χ0n) is 35.5. The number of hydrogen-bond donors (Lipinski definition) is 0. The van der Waals surface area contributed by atoms with Crippen LogP contribution in [0.2, 0.25) is 0 Å². The number of fused-ring (bicyclic) bond motifs is 15. The van der Waals surface area contributed by atoms with E-state index in [-0.39, 0.29) is 0 Å². The van der Waals surface area contributed by atoms with Crippen LogP contribution in [0.5, 0.6) is 0 Å². The van der Waals surface area contributed by atoms with Crippen molar-refractivity contribution in [1.29, 1.82) is 0 Å². The van der Waals surface area contributed by atoms with E-state index in [0.717, 1.165) is 17.1 Å². The summed E-state index contributed by atoms with van der Waals surface area (Å²) < 4.78 is 2.52. The molecule has 12 aromatic rings. The van der Waals surface area contributed by atoms with E-state index >= 15 is 0 Å². The molecule has 1 spiro atoms. The molecule has 0 saturated heterocycles. The maximum absolute atomic E-state index is 2.52. The zero-order valence-corrected chi connectivity index (χ0v) is 35.5. The molecule has 0 radical (unpaired) electrons. The summed E-state index contributed by atoms with van der Waals surface area (Å²) >= 11 is 0. The molecule has 65 heavy (non-hydrogen) atoms. The van der Waals surface area contributed by atoms with E-state index in [1.54, 1.807) is 0 Å². The Kier molecular flexibility index (Phi) is 7.64. The molecular weight excluding hydrogens is 785 g/mol. The number of benzene rings is 11. The molecule has 1 aliphatic heterocycles. The minimum atomic E-state index is -0.566. The van der Waals surface area contributed by atoms with E-state index in [1.807, 2.05) is 0 Å². The summed E-state index contributed by atoms with van der Waals surface area (Å²) in [5.74, 6) is 0. The first-order chi connectivity index (χ1) is 32.3. The average molecular weight is 825 g/mol. The number of rotatable bonds is 5. The molecular formula is C63H40N2. The number of hydrogen-bond acceptors (Lipinski definition) is 1. The fourth-order valence-electron chi connectivity index (χ4n) is 11.6. The summed E-state index contributed by atoms with van der Waals surface area (Å²) in [4.78, 5) is 2.50. The van der Waals surface area contributed by atoms with Crippen LogP contribution in [-0.4, -0.2) is 4.57 Å². The van der Waals surface area contributed by atoms with Crippen LogP contribution >= 0.6 is 0 Å². The van der Waals surface area contributed by atoms with Gasteiger partial charge in [-0.2, -0.15) is 0 Å². The summed E-state index contributed by atoms with van der Waals surface area (Å²) in [7, 11) is 0. The number of nitrogens with zero attached hydrogens (tertiary/aromatic N) is 2. The molecule has 2 heteroatoms. The molecule has 0 N–H and O–H groups in total. The second-order valence-electron chi connectivity index (χ2n) is 17.6.